The van der Waals surface area contributed by atoms with Crippen LogP contribution in [0.25, 0.3) is 16.0 Å². The van der Waals surface area contributed by atoms with Gasteiger partial charge in [-0.15, -0.1) is 0 Å². The maximum atomic E-state index is 13.4. The van der Waals surface area contributed by atoms with Gasteiger partial charge < -0.3 is 9.84 Å². The van der Waals surface area contributed by atoms with Gasteiger partial charge in [-0.3, -0.25) is 29.6 Å². The zero-order valence-corrected chi connectivity index (χ0v) is 20.1. The van der Waals surface area contributed by atoms with Gasteiger partial charge >= 0.3 is 5.91 Å². The van der Waals surface area contributed by atoms with Crippen LogP contribution in [0.3, 0.4) is 0 Å². The predicted octanol–water partition coefficient (Wildman–Crippen LogP) is 4.55. The third-order valence-corrected chi connectivity index (χ3v) is 7.41. The van der Waals surface area contributed by atoms with Crippen molar-refractivity contribution in [3.8, 4) is 5.75 Å². The molecule has 37 heavy (non-hydrogen) atoms. The molecular formula is C26H18N4O6S. The van der Waals surface area contributed by atoms with Gasteiger partial charge in [0.2, 0.25) is 0 Å². The number of hydrogen-bond donors (Lipinski definition) is 1. The standard InChI is InChI=1S/C26H18N4O6S/c1-13-9-16-10-14(4-7-19(16)36-13)23(31)21-22(15-3-2-8-27-12-15)29(25(33)24(21)32)26-28-18-6-5-17(30(34)35)11-20(18)37-26/h2-8,10-13,22,31H,9H2,1H3/b23-21+. The number of carbonyl (C=O) groups is 2. The van der Waals surface area contributed by atoms with E-state index in [9.17, 15) is 24.8 Å². The number of aliphatic hydroxyl groups excluding tert-OH is 1. The summed E-state index contributed by atoms with van der Waals surface area (Å²) in [6.07, 6.45) is 3.75. The van der Waals surface area contributed by atoms with Gasteiger partial charge in [0.25, 0.3) is 11.5 Å². The van der Waals surface area contributed by atoms with Crippen LogP contribution in [0.5, 0.6) is 5.75 Å². The summed E-state index contributed by atoms with van der Waals surface area (Å²) in [5.41, 5.74) is 2.05. The molecule has 0 saturated carbocycles. The van der Waals surface area contributed by atoms with Gasteiger partial charge in [0.1, 0.15) is 17.6 Å². The monoisotopic (exact) mass is 514 g/mol. The number of Topliss-reactive ketones (excluding diaryl/α,β-unsaturated/α-hetero) is 1. The van der Waals surface area contributed by atoms with Gasteiger partial charge in [-0.05, 0) is 48.4 Å². The number of aliphatic hydroxyl groups is 1. The van der Waals surface area contributed by atoms with Crippen LogP contribution in [0.1, 0.15) is 29.7 Å². The Kier molecular flexibility index (Phi) is 5.23. The molecule has 4 aromatic rings. The molecule has 2 atom stereocenters. The van der Waals surface area contributed by atoms with E-state index in [0.29, 0.717) is 27.8 Å². The maximum absolute atomic E-state index is 13.4. The molecule has 2 aromatic carbocycles. The van der Waals surface area contributed by atoms with E-state index in [-0.39, 0.29) is 28.3 Å². The van der Waals surface area contributed by atoms with E-state index in [4.69, 9.17) is 4.74 Å². The molecule has 1 N–H and O–H groups in total. The Hall–Kier alpha value is -4.64. The van der Waals surface area contributed by atoms with Crippen molar-refractivity contribution in [3.63, 3.8) is 0 Å². The summed E-state index contributed by atoms with van der Waals surface area (Å²) in [5.74, 6) is -1.31. The lowest BCUT2D eigenvalue weighted by Crippen LogP contribution is -2.29. The fraction of sp³-hybridized carbons (Fsp3) is 0.154. The molecule has 11 heteroatoms. The van der Waals surface area contributed by atoms with E-state index < -0.39 is 22.7 Å². The first-order valence-corrected chi connectivity index (χ1v) is 12.2. The van der Waals surface area contributed by atoms with E-state index >= 15 is 0 Å². The number of pyridine rings is 1. The number of benzene rings is 2. The number of non-ortho nitro benzene ring substituents is 1. The molecule has 6 rings (SSSR count). The zero-order chi connectivity index (χ0) is 25.8. The summed E-state index contributed by atoms with van der Waals surface area (Å²) in [6, 6.07) is 11.7. The minimum atomic E-state index is -0.993. The van der Waals surface area contributed by atoms with Crippen molar-refractivity contribution in [3.05, 3.63) is 93.3 Å². The summed E-state index contributed by atoms with van der Waals surface area (Å²) < 4.78 is 6.23. The first-order valence-electron chi connectivity index (χ1n) is 11.4. The predicted molar refractivity (Wildman–Crippen MR) is 136 cm³/mol. The van der Waals surface area contributed by atoms with Gasteiger partial charge in [0.05, 0.1) is 26.8 Å². The summed E-state index contributed by atoms with van der Waals surface area (Å²) in [5, 5.41) is 22.8. The van der Waals surface area contributed by atoms with Gasteiger partial charge in [-0.2, -0.15) is 0 Å². The molecule has 1 amide bonds. The molecular weight excluding hydrogens is 496 g/mol. The van der Waals surface area contributed by atoms with Gasteiger partial charge in [-0.25, -0.2) is 4.98 Å². The number of rotatable bonds is 4. The average molecular weight is 515 g/mol. The van der Waals surface area contributed by atoms with Crippen LogP contribution < -0.4 is 9.64 Å². The molecule has 10 nitrogen and oxygen atoms in total. The third-order valence-electron chi connectivity index (χ3n) is 6.39. The Morgan fingerprint density at radius 1 is 1.22 bits per heavy atom. The SMILES string of the molecule is CC1Cc2cc(/C(O)=C3\C(=O)C(=O)N(c4nc5ccc([N+](=O)[O-])cc5s4)C3c3cccnc3)ccc2O1. The van der Waals surface area contributed by atoms with Crippen molar-refractivity contribution in [2.75, 3.05) is 4.90 Å². The number of nitro benzene ring substituents is 1. The van der Waals surface area contributed by atoms with Gasteiger partial charge in [-0.1, -0.05) is 17.4 Å². The number of nitro groups is 1. The number of aromatic nitrogens is 2. The Balaban J connectivity index is 1.51. The zero-order valence-electron chi connectivity index (χ0n) is 19.3. The third kappa shape index (κ3) is 3.71. The molecule has 4 heterocycles. The number of amides is 1. The van der Waals surface area contributed by atoms with Crippen molar-refractivity contribution in [2.45, 2.75) is 25.5 Å². The van der Waals surface area contributed by atoms with Crippen LogP contribution in [0, 0.1) is 10.1 Å². The number of thiazole rings is 1. The Labute approximate surface area is 213 Å². The molecule has 2 aliphatic rings. The van der Waals surface area contributed by atoms with Gasteiger partial charge in [0.15, 0.2) is 5.13 Å². The van der Waals surface area contributed by atoms with Crippen molar-refractivity contribution < 1.29 is 24.4 Å². The van der Waals surface area contributed by atoms with Crippen molar-refractivity contribution >= 4 is 49.8 Å². The van der Waals surface area contributed by atoms with Crippen molar-refractivity contribution in [2.24, 2.45) is 0 Å². The van der Waals surface area contributed by atoms with Gasteiger partial charge in [0, 0.05) is 36.5 Å². The molecule has 2 aromatic heterocycles. The molecule has 0 bridgehead atoms. The molecule has 1 saturated heterocycles. The molecule has 0 radical (unpaired) electrons. The van der Waals surface area contributed by atoms with Crippen LogP contribution in [0.15, 0.2) is 66.5 Å². The number of anilines is 1. The van der Waals surface area contributed by atoms with E-state index in [1.807, 2.05) is 6.92 Å². The van der Waals surface area contributed by atoms with E-state index in [0.717, 1.165) is 22.6 Å². The molecule has 184 valence electrons. The minimum Gasteiger partial charge on any atom is -0.507 e. The number of carbonyl (C=O) groups excluding carboxylic acids is 2. The number of nitrogens with zero attached hydrogens (tertiary/aromatic N) is 4. The lowest BCUT2D eigenvalue weighted by molar-refractivity contribution is -0.384. The second-order valence-corrected chi connectivity index (χ2v) is 9.83. The second kappa shape index (κ2) is 8.49. The average Bonchev–Trinajstić information content (AvgIpc) is 3.55. The number of fused-ring (bicyclic) bond motifs is 2. The first-order chi connectivity index (χ1) is 17.8. The van der Waals surface area contributed by atoms with Crippen LogP contribution >= 0.6 is 11.3 Å². The van der Waals surface area contributed by atoms with Crippen LogP contribution in [-0.2, 0) is 16.0 Å². The number of ketones is 1. The summed E-state index contributed by atoms with van der Waals surface area (Å²) in [6.45, 7) is 1.94. The van der Waals surface area contributed by atoms with E-state index in [1.54, 1.807) is 36.5 Å². The largest absolute Gasteiger partial charge is 0.507 e. The lowest BCUT2D eigenvalue weighted by atomic mass is 9.95. The fourth-order valence-corrected chi connectivity index (χ4v) is 5.75. The smallest absolute Gasteiger partial charge is 0.301 e. The Morgan fingerprint density at radius 2 is 2.05 bits per heavy atom. The van der Waals surface area contributed by atoms with E-state index in [2.05, 4.69) is 9.97 Å². The highest BCUT2D eigenvalue weighted by atomic mass is 32.1. The number of ether oxygens (including phenoxy) is 1. The van der Waals surface area contributed by atoms with Crippen molar-refractivity contribution in [1.29, 1.82) is 0 Å². The quantitative estimate of drug-likeness (QED) is 0.138. The van der Waals surface area contributed by atoms with Crippen LogP contribution in [0.4, 0.5) is 10.8 Å². The summed E-state index contributed by atoms with van der Waals surface area (Å²) in [4.78, 5) is 47.3. The summed E-state index contributed by atoms with van der Waals surface area (Å²) >= 11 is 1.05. The van der Waals surface area contributed by atoms with Crippen LogP contribution in [0.2, 0.25) is 0 Å². The highest BCUT2D eigenvalue weighted by molar-refractivity contribution is 7.22. The van der Waals surface area contributed by atoms with E-state index in [1.165, 1.54) is 29.3 Å². The molecule has 2 aliphatic heterocycles. The topological polar surface area (TPSA) is 136 Å². The normalized spacial score (nSPS) is 20.3. The summed E-state index contributed by atoms with van der Waals surface area (Å²) in [7, 11) is 0. The minimum absolute atomic E-state index is 0.00299. The first kappa shape index (κ1) is 22.8. The molecule has 1 fully saturated rings. The number of hydrogen-bond acceptors (Lipinski definition) is 9. The highest BCUT2D eigenvalue weighted by Gasteiger charge is 2.48. The lowest BCUT2D eigenvalue weighted by Gasteiger charge is -2.22. The molecule has 2 unspecified atom stereocenters. The fourth-order valence-electron chi connectivity index (χ4n) is 4.73. The molecule has 0 aliphatic carbocycles. The Bertz CT molecular complexity index is 1650. The Morgan fingerprint density at radius 3 is 2.81 bits per heavy atom. The highest BCUT2D eigenvalue weighted by Crippen LogP contribution is 2.45. The van der Waals surface area contributed by atoms with Crippen LogP contribution in [-0.4, -0.2) is 37.8 Å². The second-order valence-electron chi connectivity index (χ2n) is 8.82. The maximum Gasteiger partial charge on any atom is 0.301 e. The molecule has 0 spiro atoms. The van der Waals surface area contributed by atoms with Crippen molar-refractivity contribution in [1.82, 2.24) is 9.97 Å².